The largest absolute Gasteiger partial charge is 0.464 e. The number of nitrogens with one attached hydrogen (secondary N) is 2. The molecule has 0 fully saturated rings. The second-order valence-electron chi connectivity index (χ2n) is 3.70. The number of hydrogen-bond donors (Lipinski definition) is 2. The fourth-order valence-electron chi connectivity index (χ4n) is 1.39. The van der Waals surface area contributed by atoms with Crippen molar-refractivity contribution in [3.05, 3.63) is 36.2 Å². The highest BCUT2D eigenvalue weighted by Gasteiger charge is 2.08. The quantitative estimate of drug-likeness (QED) is 0.570. The van der Waals surface area contributed by atoms with E-state index in [0.29, 0.717) is 18.3 Å². The number of rotatable bonds is 6. The van der Waals surface area contributed by atoms with Crippen LogP contribution in [-0.2, 0) is 11.3 Å². The van der Waals surface area contributed by atoms with E-state index in [1.54, 1.807) is 6.07 Å². The molecule has 0 saturated carbocycles. The molecule has 1 atom stereocenters. The summed E-state index contributed by atoms with van der Waals surface area (Å²) < 4.78 is 4.61. The zero-order valence-electron chi connectivity index (χ0n) is 9.75. The fourth-order valence-corrected chi connectivity index (χ4v) is 1.39. The van der Waals surface area contributed by atoms with Crippen molar-refractivity contribution in [2.75, 3.05) is 7.11 Å². The van der Waals surface area contributed by atoms with Gasteiger partial charge in [-0.2, -0.15) is 0 Å². The third-order valence-corrected chi connectivity index (χ3v) is 2.31. The Morgan fingerprint density at radius 2 is 2.44 bits per heavy atom. The highest BCUT2D eigenvalue weighted by Crippen LogP contribution is 2.04. The maximum atomic E-state index is 11.2. The lowest BCUT2D eigenvalue weighted by atomic mass is 10.2. The van der Waals surface area contributed by atoms with E-state index in [9.17, 15) is 4.79 Å². The minimum atomic E-state index is -0.342. The highest BCUT2D eigenvalue weighted by molar-refractivity contribution is 5.87. The van der Waals surface area contributed by atoms with E-state index in [1.165, 1.54) is 7.11 Å². The Labute approximate surface area is 95.7 Å². The van der Waals surface area contributed by atoms with Crippen molar-refractivity contribution in [2.24, 2.45) is 0 Å². The molecule has 0 aliphatic rings. The average Bonchev–Trinajstić information content (AvgIpc) is 2.74. The van der Waals surface area contributed by atoms with Crippen LogP contribution in [0, 0.1) is 0 Å². The summed E-state index contributed by atoms with van der Waals surface area (Å²) in [6.07, 6.45) is 2.80. The summed E-state index contributed by atoms with van der Waals surface area (Å²) in [5, 5.41) is 3.32. The number of hydrogen-bond acceptors (Lipinski definition) is 3. The minimum absolute atomic E-state index is 0.342. The number of aromatic nitrogens is 1. The van der Waals surface area contributed by atoms with Crippen LogP contribution in [0.25, 0.3) is 0 Å². The van der Waals surface area contributed by atoms with E-state index in [1.807, 2.05) is 12.1 Å². The molecular formula is C12H18N2O2. The summed E-state index contributed by atoms with van der Waals surface area (Å²) in [5.74, 6) is -0.342. The highest BCUT2D eigenvalue weighted by atomic mass is 16.5. The van der Waals surface area contributed by atoms with Gasteiger partial charge in [-0.25, -0.2) is 4.79 Å². The van der Waals surface area contributed by atoms with Crippen LogP contribution in [0.1, 0.15) is 29.5 Å². The van der Waals surface area contributed by atoms with Gasteiger partial charge in [0.05, 0.1) is 7.11 Å². The van der Waals surface area contributed by atoms with Gasteiger partial charge in [0.15, 0.2) is 0 Å². The molecule has 16 heavy (non-hydrogen) atoms. The first-order chi connectivity index (χ1) is 7.67. The SMILES string of the molecule is C=CCC(C)NCc1ccc(C(=O)OC)[nH]1. The summed E-state index contributed by atoms with van der Waals surface area (Å²) in [4.78, 5) is 14.2. The van der Waals surface area contributed by atoms with Crippen LogP contribution in [0.2, 0.25) is 0 Å². The van der Waals surface area contributed by atoms with Crippen LogP contribution < -0.4 is 5.32 Å². The molecule has 0 radical (unpaired) electrons. The third kappa shape index (κ3) is 3.55. The normalized spacial score (nSPS) is 12.1. The summed E-state index contributed by atoms with van der Waals surface area (Å²) in [5.41, 5.74) is 1.45. The first-order valence-electron chi connectivity index (χ1n) is 5.28. The Hall–Kier alpha value is -1.55. The molecule has 0 bridgehead atoms. The molecule has 1 aromatic rings. The molecule has 1 heterocycles. The number of carbonyl (C=O) groups is 1. The Bertz CT molecular complexity index is 358. The molecule has 0 spiro atoms. The van der Waals surface area contributed by atoms with Crippen molar-refractivity contribution in [1.82, 2.24) is 10.3 Å². The zero-order valence-corrected chi connectivity index (χ0v) is 9.75. The lowest BCUT2D eigenvalue weighted by molar-refractivity contribution is 0.0594. The molecule has 0 aromatic carbocycles. The van der Waals surface area contributed by atoms with Gasteiger partial charge in [-0.3, -0.25) is 0 Å². The average molecular weight is 222 g/mol. The number of esters is 1. The first-order valence-corrected chi connectivity index (χ1v) is 5.28. The van der Waals surface area contributed by atoms with E-state index in [2.05, 4.69) is 28.5 Å². The summed E-state index contributed by atoms with van der Waals surface area (Å²) in [6, 6.07) is 3.98. The number of methoxy groups -OCH3 is 1. The predicted octanol–water partition coefficient (Wildman–Crippen LogP) is 1.86. The molecule has 2 N–H and O–H groups in total. The monoisotopic (exact) mass is 222 g/mol. The van der Waals surface area contributed by atoms with Gasteiger partial charge in [0.2, 0.25) is 0 Å². The van der Waals surface area contributed by atoms with E-state index < -0.39 is 0 Å². The van der Waals surface area contributed by atoms with Gasteiger partial charge < -0.3 is 15.0 Å². The van der Waals surface area contributed by atoms with Crippen molar-refractivity contribution in [3.8, 4) is 0 Å². The Kier molecular flexibility index (Phi) is 4.79. The third-order valence-electron chi connectivity index (χ3n) is 2.31. The Morgan fingerprint density at radius 1 is 1.69 bits per heavy atom. The van der Waals surface area contributed by atoms with Gasteiger partial charge >= 0.3 is 5.97 Å². The standard InChI is InChI=1S/C12H18N2O2/c1-4-5-9(2)13-8-10-6-7-11(14-10)12(15)16-3/h4,6-7,9,13-14H,1,5,8H2,2-3H3. The van der Waals surface area contributed by atoms with Crippen molar-refractivity contribution in [1.29, 1.82) is 0 Å². The molecule has 1 rings (SSSR count). The fraction of sp³-hybridized carbons (Fsp3) is 0.417. The molecule has 88 valence electrons. The molecule has 0 amide bonds. The van der Waals surface area contributed by atoms with Gasteiger partial charge in [-0.15, -0.1) is 6.58 Å². The van der Waals surface area contributed by atoms with Crippen LogP contribution in [0.3, 0.4) is 0 Å². The Balaban J connectivity index is 2.46. The molecule has 4 nitrogen and oxygen atoms in total. The number of H-pyrrole nitrogens is 1. The molecule has 1 unspecified atom stereocenters. The second kappa shape index (κ2) is 6.12. The molecule has 0 aliphatic heterocycles. The molecule has 4 heteroatoms. The number of ether oxygens (including phenoxy) is 1. The van der Waals surface area contributed by atoms with Crippen molar-refractivity contribution >= 4 is 5.97 Å². The van der Waals surface area contributed by atoms with Crippen LogP contribution in [0.4, 0.5) is 0 Å². The maximum absolute atomic E-state index is 11.2. The van der Waals surface area contributed by atoms with E-state index in [0.717, 1.165) is 12.1 Å². The maximum Gasteiger partial charge on any atom is 0.354 e. The van der Waals surface area contributed by atoms with Crippen molar-refractivity contribution < 1.29 is 9.53 Å². The Morgan fingerprint density at radius 3 is 3.06 bits per heavy atom. The summed E-state index contributed by atoms with van der Waals surface area (Å²) in [6.45, 7) is 6.47. The summed E-state index contributed by atoms with van der Waals surface area (Å²) in [7, 11) is 1.37. The lowest BCUT2D eigenvalue weighted by Gasteiger charge is -2.10. The van der Waals surface area contributed by atoms with Crippen LogP contribution in [-0.4, -0.2) is 24.1 Å². The van der Waals surface area contributed by atoms with Gasteiger partial charge in [-0.05, 0) is 25.5 Å². The zero-order chi connectivity index (χ0) is 12.0. The van der Waals surface area contributed by atoms with Gasteiger partial charge in [0, 0.05) is 18.3 Å². The second-order valence-corrected chi connectivity index (χ2v) is 3.70. The van der Waals surface area contributed by atoms with Gasteiger partial charge in [0.1, 0.15) is 5.69 Å². The summed E-state index contributed by atoms with van der Waals surface area (Å²) >= 11 is 0. The topological polar surface area (TPSA) is 54.1 Å². The first kappa shape index (κ1) is 12.5. The van der Waals surface area contributed by atoms with E-state index in [4.69, 9.17) is 0 Å². The van der Waals surface area contributed by atoms with Gasteiger partial charge in [-0.1, -0.05) is 6.08 Å². The molecular weight excluding hydrogens is 204 g/mol. The van der Waals surface area contributed by atoms with Crippen LogP contribution in [0.15, 0.2) is 24.8 Å². The van der Waals surface area contributed by atoms with Crippen LogP contribution in [0.5, 0.6) is 0 Å². The van der Waals surface area contributed by atoms with E-state index in [-0.39, 0.29) is 5.97 Å². The predicted molar refractivity (Wildman–Crippen MR) is 63.2 cm³/mol. The molecule has 1 aromatic heterocycles. The number of carbonyl (C=O) groups excluding carboxylic acids is 1. The lowest BCUT2D eigenvalue weighted by Crippen LogP contribution is -2.24. The van der Waals surface area contributed by atoms with Gasteiger partial charge in [0.25, 0.3) is 0 Å². The van der Waals surface area contributed by atoms with E-state index >= 15 is 0 Å². The minimum Gasteiger partial charge on any atom is -0.464 e. The molecule has 0 aliphatic carbocycles. The van der Waals surface area contributed by atoms with Crippen molar-refractivity contribution in [3.63, 3.8) is 0 Å². The van der Waals surface area contributed by atoms with Crippen molar-refractivity contribution in [2.45, 2.75) is 25.9 Å². The number of aromatic amines is 1. The molecule has 0 saturated heterocycles. The van der Waals surface area contributed by atoms with Crippen LogP contribution >= 0.6 is 0 Å². The smallest absolute Gasteiger partial charge is 0.354 e.